The number of nitrogens with zero attached hydrogens (tertiary/aromatic N) is 5. The summed E-state index contributed by atoms with van der Waals surface area (Å²) in [7, 11) is 3.35. The van der Waals surface area contributed by atoms with Gasteiger partial charge in [0.15, 0.2) is 0 Å². The summed E-state index contributed by atoms with van der Waals surface area (Å²) in [5, 5.41) is 14.8. The molecule has 0 bridgehead atoms. The fourth-order valence-corrected chi connectivity index (χ4v) is 2.33. The van der Waals surface area contributed by atoms with Gasteiger partial charge in [0.05, 0.1) is 0 Å². The van der Waals surface area contributed by atoms with Crippen molar-refractivity contribution < 1.29 is 9.59 Å². The lowest BCUT2D eigenvalue weighted by atomic mass is 10.2. The quantitative estimate of drug-likeness (QED) is 0.756. The van der Waals surface area contributed by atoms with E-state index in [2.05, 4.69) is 20.7 Å². The molecule has 1 heterocycles. The molecule has 2 aromatic carbocycles. The number of benzene rings is 2. The van der Waals surface area contributed by atoms with Gasteiger partial charge in [-0.2, -0.15) is 4.80 Å². The van der Waals surface area contributed by atoms with Crippen molar-refractivity contribution in [3.63, 3.8) is 0 Å². The van der Waals surface area contributed by atoms with Crippen LogP contribution >= 0.6 is 0 Å². The zero-order valence-corrected chi connectivity index (χ0v) is 14.5. The Kier molecular flexibility index (Phi) is 5.02. The Bertz CT molecular complexity index is 920. The minimum atomic E-state index is -0.309. The Morgan fingerprint density at radius 1 is 1.08 bits per heavy atom. The lowest BCUT2D eigenvalue weighted by Crippen LogP contribution is -2.23. The van der Waals surface area contributed by atoms with Crippen molar-refractivity contribution in [3.05, 3.63) is 60.2 Å². The normalized spacial score (nSPS) is 10.4. The molecule has 1 aromatic heterocycles. The minimum Gasteiger partial charge on any atom is -0.345 e. The van der Waals surface area contributed by atoms with Gasteiger partial charge in [-0.05, 0) is 23.4 Å². The number of tetrazole rings is 1. The second-order valence-electron chi connectivity index (χ2n) is 5.84. The van der Waals surface area contributed by atoms with Crippen LogP contribution in [-0.2, 0) is 11.3 Å². The first-order chi connectivity index (χ1) is 12.5. The zero-order chi connectivity index (χ0) is 18.5. The van der Waals surface area contributed by atoms with Crippen molar-refractivity contribution in [1.29, 1.82) is 0 Å². The molecule has 2 amide bonds. The van der Waals surface area contributed by atoms with Gasteiger partial charge in [0.2, 0.25) is 11.7 Å². The van der Waals surface area contributed by atoms with Crippen LogP contribution in [0.25, 0.3) is 11.4 Å². The van der Waals surface area contributed by atoms with Crippen LogP contribution in [0.15, 0.2) is 54.6 Å². The second-order valence-corrected chi connectivity index (χ2v) is 5.84. The molecule has 0 spiro atoms. The maximum absolute atomic E-state index is 12.2. The number of nitrogens with one attached hydrogen (secondary N) is 1. The number of hydrogen-bond acceptors (Lipinski definition) is 5. The molecule has 8 heteroatoms. The van der Waals surface area contributed by atoms with E-state index in [0.717, 1.165) is 5.56 Å². The molecular weight excluding hydrogens is 332 g/mol. The van der Waals surface area contributed by atoms with Gasteiger partial charge < -0.3 is 10.2 Å². The summed E-state index contributed by atoms with van der Waals surface area (Å²) in [6.45, 7) is -0.0777. The fraction of sp³-hybridized carbons (Fsp3) is 0.167. The SMILES string of the molecule is CN(C)C(=O)c1cccc(NC(=O)Cn2nnc(-c3ccccc3)n2)c1. The van der Waals surface area contributed by atoms with Crippen molar-refractivity contribution in [2.24, 2.45) is 0 Å². The second kappa shape index (κ2) is 7.56. The van der Waals surface area contributed by atoms with Crippen molar-refractivity contribution in [2.75, 3.05) is 19.4 Å². The van der Waals surface area contributed by atoms with E-state index in [4.69, 9.17) is 0 Å². The molecule has 0 saturated heterocycles. The molecule has 0 radical (unpaired) electrons. The van der Waals surface area contributed by atoms with Crippen LogP contribution < -0.4 is 5.32 Å². The standard InChI is InChI=1S/C18H18N6O2/c1-23(2)18(26)14-9-6-10-15(11-14)19-16(25)12-24-21-17(20-22-24)13-7-4-3-5-8-13/h3-11H,12H2,1-2H3,(H,19,25). The van der Waals surface area contributed by atoms with Crippen LogP contribution in [0.1, 0.15) is 10.4 Å². The summed E-state index contributed by atoms with van der Waals surface area (Å²) in [5.41, 5.74) is 1.86. The third-order valence-electron chi connectivity index (χ3n) is 3.57. The third-order valence-corrected chi connectivity index (χ3v) is 3.57. The van der Waals surface area contributed by atoms with Crippen molar-refractivity contribution in [3.8, 4) is 11.4 Å². The number of aromatic nitrogens is 4. The first kappa shape index (κ1) is 17.3. The average Bonchev–Trinajstić information content (AvgIpc) is 3.10. The molecule has 1 N–H and O–H groups in total. The molecule has 0 aliphatic carbocycles. The van der Waals surface area contributed by atoms with Crippen LogP contribution in [-0.4, -0.2) is 51.0 Å². The molecule has 3 aromatic rings. The van der Waals surface area contributed by atoms with Gasteiger partial charge in [-0.25, -0.2) is 0 Å². The molecule has 0 aliphatic rings. The minimum absolute atomic E-state index is 0.0777. The molecule has 26 heavy (non-hydrogen) atoms. The molecule has 0 unspecified atom stereocenters. The highest BCUT2D eigenvalue weighted by atomic mass is 16.2. The molecule has 132 valence electrons. The van der Waals surface area contributed by atoms with E-state index in [1.54, 1.807) is 38.4 Å². The summed E-state index contributed by atoms with van der Waals surface area (Å²) in [4.78, 5) is 26.9. The number of amides is 2. The topological polar surface area (TPSA) is 93.0 Å². The maximum atomic E-state index is 12.2. The Morgan fingerprint density at radius 3 is 2.58 bits per heavy atom. The number of rotatable bonds is 5. The third kappa shape index (κ3) is 4.10. The Balaban J connectivity index is 1.66. The van der Waals surface area contributed by atoms with E-state index >= 15 is 0 Å². The Morgan fingerprint density at radius 2 is 1.85 bits per heavy atom. The van der Waals surface area contributed by atoms with E-state index in [0.29, 0.717) is 17.1 Å². The number of anilines is 1. The van der Waals surface area contributed by atoms with Gasteiger partial charge in [-0.3, -0.25) is 9.59 Å². The van der Waals surface area contributed by atoms with Gasteiger partial charge in [-0.1, -0.05) is 36.4 Å². The lowest BCUT2D eigenvalue weighted by Gasteiger charge is -2.11. The maximum Gasteiger partial charge on any atom is 0.253 e. The summed E-state index contributed by atoms with van der Waals surface area (Å²) in [6.07, 6.45) is 0. The van der Waals surface area contributed by atoms with Gasteiger partial charge in [0.1, 0.15) is 6.54 Å². The first-order valence-corrected chi connectivity index (χ1v) is 7.98. The summed E-state index contributed by atoms with van der Waals surface area (Å²) < 4.78 is 0. The predicted molar refractivity (Wildman–Crippen MR) is 96.3 cm³/mol. The highest BCUT2D eigenvalue weighted by Crippen LogP contribution is 2.13. The van der Waals surface area contributed by atoms with Gasteiger partial charge >= 0.3 is 0 Å². The van der Waals surface area contributed by atoms with E-state index in [1.165, 1.54) is 9.70 Å². The largest absolute Gasteiger partial charge is 0.345 e. The average molecular weight is 350 g/mol. The van der Waals surface area contributed by atoms with Crippen molar-refractivity contribution >= 4 is 17.5 Å². The lowest BCUT2D eigenvalue weighted by molar-refractivity contribution is -0.117. The van der Waals surface area contributed by atoms with E-state index in [9.17, 15) is 9.59 Å². The predicted octanol–water partition coefficient (Wildman–Crippen LogP) is 1.68. The van der Waals surface area contributed by atoms with E-state index in [1.807, 2.05) is 30.3 Å². The number of carbonyl (C=O) groups excluding carboxylic acids is 2. The summed E-state index contributed by atoms with van der Waals surface area (Å²) in [6, 6.07) is 16.2. The van der Waals surface area contributed by atoms with Crippen molar-refractivity contribution in [1.82, 2.24) is 25.1 Å². The highest BCUT2D eigenvalue weighted by molar-refractivity contribution is 5.96. The summed E-state index contributed by atoms with van der Waals surface area (Å²) in [5.74, 6) is 0.0139. The van der Waals surface area contributed by atoms with E-state index < -0.39 is 0 Å². The molecule has 0 aliphatic heterocycles. The fourth-order valence-electron chi connectivity index (χ4n) is 2.33. The van der Waals surface area contributed by atoms with Crippen LogP contribution in [0.4, 0.5) is 5.69 Å². The van der Waals surface area contributed by atoms with Crippen LogP contribution in [0.2, 0.25) is 0 Å². The van der Waals surface area contributed by atoms with Gasteiger partial charge in [-0.15, -0.1) is 10.2 Å². The first-order valence-electron chi connectivity index (χ1n) is 7.98. The molecule has 0 atom stereocenters. The molecule has 0 fully saturated rings. The molecular formula is C18H18N6O2. The van der Waals surface area contributed by atoms with Gasteiger partial charge in [0, 0.05) is 30.9 Å². The van der Waals surface area contributed by atoms with Crippen LogP contribution in [0.3, 0.4) is 0 Å². The van der Waals surface area contributed by atoms with Crippen molar-refractivity contribution in [2.45, 2.75) is 6.54 Å². The van der Waals surface area contributed by atoms with E-state index in [-0.39, 0.29) is 18.4 Å². The van der Waals surface area contributed by atoms with Crippen LogP contribution in [0, 0.1) is 0 Å². The number of carbonyl (C=O) groups is 2. The Labute approximate surface area is 150 Å². The van der Waals surface area contributed by atoms with Gasteiger partial charge in [0.25, 0.3) is 5.91 Å². The smallest absolute Gasteiger partial charge is 0.253 e. The number of hydrogen-bond donors (Lipinski definition) is 1. The molecule has 3 rings (SSSR count). The zero-order valence-electron chi connectivity index (χ0n) is 14.5. The summed E-state index contributed by atoms with van der Waals surface area (Å²) >= 11 is 0. The molecule has 0 saturated carbocycles. The van der Waals surface area contributed by atoms with Crippen LogP contribution in [0.5, 0.6) is 0 Å². The highest BCUT2D eigenvalue weighted by Gasteiger charge is 2.11. The monoisotopic (exact) mass is 350 g/mol. The molecule has 8 nitrogen and oxygen atoms in total. The Hall–Kier alpha value is -3.55.